The predicted octanol–water partition coefficient (Wildman–Crippen LogP) is 2.65. The lowest BCUT2D eigenvalue weighted by atomic mass is 10.1. The quantitative estimate of drug-likeness (QED) is 0.625. The molecule has 0 fully saturated rings. The summed E-state index contributed by atoms with van der Waals surface area (Å²) in [6.07, 6.45) is -3.11. The lowest BCUT2D eigenvalue weighted by Crippen LogP contribution is -2.10. The highest BCUT2D eigenvalue weighted by Crippen LogP contribution is 2.27. The summed E-state index contributed by atoms with van der Waals surface area (Å²) in [5, 5.41) is 8.37. The predicted molar refractivity (Wildman–Crippen MR) is 59.3 cm³/mol. The maximum Gasteiger partial charge on any atom is 0.310 e. The summed E-state index contributed by atoms with van der Waals surface area (Å²) in [6.45, 7) is 1.79. The molecule has 18 heavy (non-hydrogen) atoms. The summed E-state index contributed by atoms with van der Waals surface area (Å²) in [6, 6.07) is 2.71. The SMILES string of the molecule is CCOC(=O)Cc1cc(C(F)F)c(Cl)nc1C#N. The van der Waals surface area contributed by atoms with Crippen molar-refractivity contribution in [1.29, 1.82) is 5.26 Å². The number of hydrogen-bond donors (Lipinski definition) is 0. The van der Waals surface area contributed by atoms with E-state index < -0.39 is 23.1 Å². The number of nitrogens with zero attached hydrogens (tertiary/aromatic N) is 2. The van der Waals surface area contributed by atoms with Gasteiger partial charge < -0.3 is 4.74 Å². The Bertz CT molecular complexity index is 501. The van der Waals surface area contributed by atoms with E-state index in [-0.39, 0.29) is 24.3 Å². The fraction of sp³-hybridized carbons (Fsp3) is 0.364. The Kier molecular flexibility index (Phi) is 4.98. The number of alkyl halides is 2. The van der Waals surface area contributed by atoms with E-state index in [2.05, 4.69) is 9.72 Å². The number of aromatic nitrogens is 1. The van der Waals surface area contributed by atoms with Crippen LogP contribution in [0.3, 0.4) is 0 Å². The number of ether oxygens (including phenoxy) is 1. The van der Waals surface area contributed by atoms with E-state index in [9.17, 15) is 13.6 Å². The maximum atomic E-state index is 12.6. The molecule has 1 heterocycles. The fourth-order valence-electron chi connectivity index (χ4n) is 1.30. The van der Waals surface area contributed by atoms with Gasteiger partial charge in [-0.15, -0.1) is 0 Å². The van der Waals surface area contributed by atoms with Gasteiger partial charge in [-0.1, -0.05) is 11.6 Å². The fourth-order valence-corrected chi connectivity index (χ4v) is 1.52. The van der Waals surface area contributed by atoms with Crippen molar-refractivity contribution in [3.8, 4) is 6.07 Å². The summed E-state index contributed by atoms with van der Waals surface area (Å²) >= 11 is 5.51. The molecular formula is C11H9ClF2N2O2. The number of hydrogen-bond acceptors (Lipinski definition) is 4. The van der Waals surface area contributed by atoms with Crippen LogP contribution in [0, 0.1) is 11.3 Å². The molecule has 0 amide bonds. The topological polar surface area (TPSA) is 63.0 Å². The van der Waals surface area contributed by atoms with E-state index in [1.807, 2.05) is 0 Å². The van der Waals surface area contributed by atoms with Crippen molar-refractivity contribution in [2.24, 2.45) is 0 Å². The molecule has 1 rings (SSSR count). The van der Waals surface area contributed by atoms with E-state index in [1.54, 1.807) is 13.0 Å². The lowest BCUT2D eigenvalue weighted by molar-refractivity contribution is -0.142. The second-order valence-electron chi connectivity index (χ2n) is 3.27. The molecule has 0 radical (unpaired) electrons. The summed E-state index contributed by atoms with van der Waals surface area (Å²) in [7, 11) is 0. The number of carbonyl (C=O) groups is 1. The molecule has 0 unspecified atom stereocenters. The highest BCUT2D eigenvalue weighted by molar-refractivity contribution is 6.30. The van der Waals surface area contributed by atoms with Crippen LogP contribution in [0.2, 0.25) is 5.15 Å². The third kappa shape index (κ3) is 3.37. The van der Waals surface area contributed by atoms with Gasteiger partial charge in [0, 0.05) is 5.56 Å². The van der Waals surface area contributed by atoms with Crippen LogP contribution in [-0.4, -0.2) is 17.6 Å². The van der Waals surface area contributed by atoms with Gasteiger partial charge in [-0.3, -0.25) is 4.79 Å². The monoisotopic (exact) mass is 274 g/mol. The minimum atomic E-state index is -2.82. The van der Waals surface area contributed by atoms with E-state index >= 15 is 0 Å². The van der Waals surface area contributed by atoms with E-state index in [1.165, 1.54) is 0 Å². The van der Waals surface area contributed by atoms with Gasteiger partial charge in [-0.05, 0) is 13.0 Å². The first-order chi connectivity index (χ1) is 8.49. The summed E-state index contributed by atoms with van der Waals surface area (Å²) in [5.41, 5.74) is -0.580. The first-order valence-corrected chi connectivity index (χ1v) is 5.40. The zero-order valence-electron chi connectivity index (χ0n) is 9.41. The van der Waals surface area contributed by atoms with E-state index in [0.717, 1.165) is 6.07 Å². The van der Waals surface area contributed by atoms with Crippen molar-refractivity contribution in [1.82, 2.24) is 4.98 Å². The Morgan fingerprint density at radius 1 is 1.67 bits per heavy atom. The zero-order valence-corrected chi connectivity index (χ0v) is 10.2. The molecule has 0 bridgehead atoms. The Morgan fingerprint density at radius 2 is 2.33 bits per heavy atom. The minimum Gasteiger partial charge on any atom is -0.466 e. The van der Waals surface area contributed by atoms with Gasteiger partial charge in [0.05, 0.1) is 18.6 Å². The number of rotatable bonds is 4. The van der Waals surface area contributed by atoms with Gasteiger partial charge in [0.25, 0.3) is 6.43 Å². The zero-order chi connectivity index (χ0) is 13.7. The molecule has 0 spiro atoms. The molecule has 0 aliphatic carbocycles. The second kappa shape index (κ2) is 6.26. The van der Waals surface area contributed by atoms with Crippen LogP contribution < -0.4 is 0 Å². The van der Waals surface area contributed by atoms with Crippen molar-refractivity contribution in [3.63, 3.8) is 0 Å². The van der Waals surface area contributed by atoms with Crippen LogP contribution in [-0.2, 0) is 16.0 Å². The van der Waals surface area contributed by atoms with Crippen LogP contribution in [0.4, 0.5) is 8.78 Å². The molecule has 0 saturated heterocycles. The molecule has 0 aromatic carbocycles. The second-order valence-corrected chi connectivity index (χ2v) is 3.63. The smallest absolute Gasteiger partial charge is 0.310 e. The Hall–Kier alpha value is -1.74. The maximum absolute atomic E-state index is 12.6. The van der Waals surface area contributed by atoms with Gasteiger partial charge in [0.2, 0.25) is 0 Å². The van der Waals surface area contributed by atoms with Gasteiger partial charge in [-0.25, -0.2) is 13.8 Å². The molecule has 4 nitrogen and oxygen atoms in total. The average molecular weight is 275 g/mol. The molecule has 0 atom stereocenters. The summed E-state index contributed by atoms with van der Waals surface area (Å²) < 4.78 is 29.9. The molecule has 0 saturated carbocycles. The van der Waals surface area contributed by atoms with Gasteiger partial charge in [0.15, 0.2) is 0 Å². The van der Waals surface area contributed by atoms with Crippen molar-refractivity contribution < 1.29 is 18.3 Å². The van der Waals surface area contributed by atoms with Gasteiger partial charge in [-0.2, -0.15) is 5.26 Å². The van der Waals surface area contributed by atoms with Crippen molar-refractivity contribution >= 4 is 17.6 Å². The number of halogens is 3. The third-order valence-corrected chi connectivity index (χ3v) is 2.37. The standard InChI is InChI=1S/C11H9ClF2N2O2/c1-2-18-9(17)4-6-3-7(11(13)14)10(12)16-8(6)5-15/h3,11H,2,4H2,1H3. The first-order valence-electron chi connectivity index (χ1n) is 5.02. The van der Waals surface area contributed by atoms with Crippen LogP contribution in [0.25, 0.3) is 0 Å². The third-order valence-electron chi connectivity index (χ3n) is 2.06. The van der Waals surface area contributed by atoms with Gasteiger partial charge >= 0.3 is 5.97 Å². The molecule has 1 aromatic heterocycles. The Balaban J connectivity index is 3.13. The first kappa shape index (κ1) is 14.3. The summed E-state index contributed by atoms with van der Waals surface area (Å²) in [5.74, 6) is -0.613. The lowest BCUT2D eigenvalue weighted by Gasteiger charge is -2.08. The number of nitriles is 1. The van der Waals surface area contributed by atoms with Crippen molar-refractivity contribution in [3.05, 3.63) is 28.0 Å². The van der Waals surface area contributed by atoms with Gasteiger partial charge in [0.1, 0.15) is 16.9 Å². The normalized spacial score (nSPS) is 10.2. The molecule has 0 N–H and O–H groups in total. The van der Waals surface area contributed by atoms with E-state index in [4.69, 9.17) is 16.9 Å². The number of pyridine rings is 1. The van der Waals surface area contributed by atoms with E-state index in [0.29, 0.717) is 0 Å². The molecule has 1 aromatic rings. The van der Waals surface area contributed by atoms with Crippen LogP contribution >= 0.6 is 11.6 Å². The number of carbonyl (C=O) groups excluding carboxylic acids is 1. The number of esters is 1. The molecule has 96 valence electrons. The average Bonchev–Trinajstić information content (AvgIpc) is 2.30. The summed E-state index contributed by atoms with van der Waals surface area (Å²) in [4.78, 5) is 14.8. The molecule has 0 aliphatic rings. The van der Waals surface area contributed by atoms with Crippen molar-refractivity contribution in [2.75, 3.05) is 6.61 Å². The highest BCUT2D eigenvalue weighted by Gasteiger charge is 2.19. The van der Waals surface area contributed by atoms with Crippen LogP contribution in [0.1, 0.15) is 30.2 Å². The Labute approximate surface area is 107 Å². The molecule has 0 aliphatic heterocycles. The van der Waals surface area contributed by atoms with Crippen LogP contribution in [0.15, 0.2) is 6.07 Å². The highest BCUT2D eigenvalue weighted by atomic mass is 35.5. The molecule has 7 heteroatoms. The molecular weight excluding hydrogens is 266 g/mol. The van der Waals surface area contributed by atoms with Crippen LogP contribution in [0.5, 0.6) is 0 Å². The minimum absolute atomic E-state index is 0.0793. The Morgan fingerprint density at radius 3 is 2.83 bits per heavy atom. The van der Waals surface area contributed by atoms with Crippen molar-refractivity contribution in [2.45, 2.75) is 19.8 Å². The largest absolute Gasteiger partial charge is 0.466 e.